The Labute approximate surface area is 179 Å². The highest BCUT2D eigenvalue weighted by Gasteiger charge is 2.12. The number of fused-ring (bicyclic) bond motifs is 1. The summed E-state index contributed by atoms with van der Waals surface area (Å²) in [5.41, 5.74) is 2.62. The molecular formula is C25H19ClN2O2. The van der Waals surface area contributed by atoms with Crippen molar-refractivity contribution in [1.29, 1.82) is 0 Å². The molecular weight excluding hydrogens is 396 g/mol. The summed E-state index contributed by atoms with van der Waals surface area (Å²) in [4.78, 5) is 25.9. The van der Waals surface area contributed by atoms with Crippen LogP contribution in [0.4, 0.5) is 0 Å². The van der Waals surface area contributed by atoms with Crippen molar-refractivity contribution >= 4 is 22.5 Å². The SMILES string of the molecule is Cn1c(=O)n(Cc2ccc(Cl)cc2)c(=O)c2cc(C#CCc3ccccc3)ccc21. The maximum absolute atomic E-state index is 13.1. The topological polar surface area (TPSA) is 44.0 Å². The van der Waals surface area contributed by atoms with Crippen LogP contribution in [0.25, 0.3) is 10.9 Å². The molecule has 0 aliphatic rings. The van der Waals surface area contributed by atoms with Gasteiger partial charge in [-0.25, -0.2) is 4.79 Å². The molecule has 0 bridgehead atoms. The van der Waals surface area contributed by atoms with E-state index in [0.717, 1.165) is 16.7 Å². The molecule has 30 heavy (non-hydrogen) atoms. The molecule has 148 valence electrons. The summed E-state index contributed by atoms with van der Waals surface area (Å²) in [5.74, 6) is 6.27. The van der Waals surface area contributed by atoms with Gasteiger partial charge in [-0.05, 0) is 41.5 Å². The van der Waals surface area contributed by atoms with Gasteiger partial charge in [0.15, 0.2) is 0 Å². The third kappa shape index (κ3) is 4.07. The number of halogens is 1. The molecule has 0 fully saturated rings. The van der Waals surface area contributed by atoms with Gasteiger partial charge in [0.05, 0.1) is 17.4 Å². The summed E-state index contributed by atoms with van der Waals surface area (Å²) < 4.78 is 2.74. The van der Waals surface area contributed by atoms with Gasteiger partial charge in [0.25, 0.3) is 5.56 Å². The fourth-order valence-electron chi connectivity index (χ4n) is 3.35. The largest absolute Gasteiger partial charge is 0.331 e. The molecule has 4 nitrogen and oxygen atoms in total. The van der Waals surface area contributed by atoms with Crippen LogP contribution >= 0.6 is 11.6 Å². The smallest absolute Gasteiger partial charge is 0.296 e. The molecule has 0 aliphatic carbocycles. The second kappa shape index (κ2) is 8.44. The van der Waals surface area contributed by atoms with Crippen LogP contribution < -0.4 is 11.2 Å². The van der Waals surface area contributed by atoms with Gasteiger partial charge < -0.3 is 0 Å². The lowest BCUT2D eigenvalue weighted by Crippen LogP contribution is -2.39. The van der Waals surface area contributed by atoms with Gasteiger partial charge in [-0.3, -0.25) is 13.9 Å². The van der Waals surface area contributed by atoms with Gasteiger partial charge in [-0.1, -0.05) is 65.9 Å². The Morgan fingerprint density at radius 1 is 0.900 bits per heavy atom. The maximum Gasteiger partial charge on any atom is 0.331 e. The van der Waals surface area contributed by atoms with E-state index in [4.69, 9.17) is 11.6 Å². The normalized spacial score (nSPS) is 10.6. The first-order chi connectivity index (χ1) is 14.5. The number of hydrogen-bond donors (Lipinski definition) is 0. The number of aromatic nitrogens is 2. The van der Waals surface area contributed by atoms with E-state index >= 15 is 0 Å². The summed E-state index contributed by atoms with van der Waals surface area (Å²) in [6.07, 6.45) is 0.632. The zero-order valence-electron chi connectivity index (χ0n) is 16.4. The zero-order chi connectivity index (χ0) is 21.1. The van der Waals surface area contributed by atoms with E-state index in [2.05, 4.69) is 11.8 Å². The molecule has 1 aromatic heterocycles. The lowest BCUT2D eigenvalue weighted by atomic mass is 10.1. The van der Waals surface area contributed by atoms with Gasteiger partial charge in [0.2, 0.25) is 0 Å². The summed E-state index contributed by atoms with van der Waals surface area (Å²) in [5, 5.41) is 1.08. The molecule has 0 spiro atoms. The van der Waals surface area contributed by atoms with Gasteiger partial charge in [-0.15, -0.1) is 0 Å². The summed E-state index contributed by atoms with van der Waals surface area (Å²) in [7, 11) is 1.67. The lowest BCUT2D eigenvalue weighted by Gasteiger charge is -2.11. The van der Waals surface area contributed by atoms with Crippen LogP contribution in [0.3, 0.4) is 0 Å². The van der Waals surface area contributed by atoms with Crippen molar-refractivity contribution in [2.45, 2.75) is 13.0 Å². The highest BCUT2D eigenvalue weighted by atomic mass is 35.5. The minimum Gasteiger partial charge on any atom is -0.296 e. The molecule has 0 N–H and O–H groups in total. The Hall–Kier alpha value is -3.55. The molecule has 0 amide bonds. The Balaban J connectivity index is 1.73. The first-order valence-corrected chi connectivity index (χ1v) is 9.91. The van der Waals surface area contributed by atoms with Crippen LogP contribution in [-0.2, 0) is 20.0 Å². The molecule has 3 aromatic carbocycles. The van der Waals surface area contributed by atoms with Gasteiger partial charge in [0, 0.05) is 24.1 Å². The van der Waals surface area contributed by atoms with Gasteiger partial charge in [0.1, 0.15) is 0 Å². The fraction of sp³-hybridized carbons (Fsp3) is 0.120. The molecule has 0 unspecified atom stereocenters. The Bertz CT molecular complexity index is 1390. The van der Waals surface area contributed by atoms with Crippen molar-refractivity contribution in [3.05, 3.63) is 115 Å². The molecule has 0 saturated carbocycles. The van der Waals surface area contributed by atoms with Crippen molar-refractivity contribution in [3.8, 4) is 11.8 Å². The Kier molecular flexibility index (Phi) is 5.56. The first kappa shape index (κ1) is 19.8. The predicted molar refractivity (Wildman–Crippen MR) is 121 cm³/mol. The number of hydrogen-bond acceptors (Lipinski definition) is 2. The van der Waals surface area contributed by atoms with Crippen molar-refractivity contribution in [3.63, 3.8) is 0 Å². The van der Waals surface area contributed by atoms with Crippen molar-refractivity contribution in [1.82, 2.24) is 9.13 Å². The van der Waals surface area contributed by atoms with Gasteiger partial charge >= 0.3 is 5.69 Å². The lowest BCUT2D eigenvalue weighted by molar-refractivity contribution is 0.660. The quantitative estimate of drug-likeness (QED) is 0.476. The van der Waals surface area contributed by atoms with Crippen LogP contribution in [0.5, 0.6) is 0 Å². The Morgan fingerprint density at radius 3 is 2.37 bits per heavy atom. The molecule has 5 heteroatoms. The van der Waals surface area contributed by atoms with Crippen molar-refractivity contribution in [2.75, 3.05) is 0 Å². The molecule has 0 radical (unpaired) electrons. The van der Waals surface area contributed by atoms with Crippen molar-refractivity contribution in [2.24, 2.45) is 7.05 Å². The summed E-state index contributed by atoms with van der Waals surface area (Å²) in [6, 6.07) is 22.5. The van der Waals surface area contributed by atoms with Crippen LogP contribution in [-0.4, -0.2) is 9.13 Å². The minimum atomic E-state index is -0.356. The van der Waals surface area contributed by atoms with E-state index in [-0.39, 0.29) is 17.8 Å². The van der Waals surface area contributed by atoms with Crippen LogP contribution in [0.15, 0.2) is 82.4 Å². The van der Waals surface area contributed by atoms with E-state index < -0.39 is 0 Å². The van der Waals surface area contributed by atoms with E-state index in [1.807, 2.05) is 48.5 Å². The first-order valence-electron chi connectivity index (χ1n) is 9.54. The number of nitrogens with zero attached hydrogens (tertiary/aromatic N) is 2. The fourth-order valence-corrected chi connectivity index (χ4v) is 3.48. The zero-order valence-corrected chi connectivity index (χ0v) is 17.2. The molecule has 1 heterocycles. The van der Waals surface area contributed by atoms with E-state index in [1.54, 1.807) is 31.3 Å². The summed E-state index contributed by atoms with van der Waals surface area (Å²) >= 11 is 5.93. The van der Waals surface area contributed by atoms with Crippen LogP contribution in [0.1, 0.15) is 16.7 Å². The average Bonchev–Trinajstić information content (AvgIpc) is 2.77. The van der Waals surface area contributed by atoms with E-state index in [1.165, 1.54) is 9.13 Å². The third-order valence-electron chi connectivity index (χ3n) is 4.97. The Morgan fingerprint density at radius 2 is 1.63 bits per heavy atom. The van der Waals surface area contributed by atoms with Crippen molar-refractivity contribution < 1.29 is 0 Å². The second-order valence-electron chi connectivity index (χ2n) is 7.06. The number of benzene rings is 3. The molecule has 4 aromatic rings. The highest BCUT2D eigenvalue weighted by Crippen LogP contribution is 2.12. The molecule has 4 rings (SSSR count). The second-order valence-corrected chi connectivity index (χ2v) is 7.49. The maximum atomic E-state index is 13.1. The van der Waals surface area contributed by atoms with E-state index in [0.29, 0.717) is 22.3 Å². The monoisotopic (exact) mass is 414 g/mol. The standard InChI is InChI=1S/C25H19ClN2O2/c1-27-23-15-12-19(9-5-8-18-6-3-2-4-7-18)16-22(23)24(29)28(25(27)30)17-20-10-13-21(26)14-11-20/h2-4,6-7,10-16H,8,17H2,1H3. The summed E-state index contributed by atoms with van der Waals surface area (Å²) in [6.45, 7) is 0.183. The number of aryl methyl sites for hydroxylation is 1. The van der Waals surface area contributed by atoms with Crippen LogP contribution in [0, 0.1) is 11.8 Å². The molecule has 0 saturated heterocycles. The average molecular weight is 415 g/mol. The molecule has 0 atom stereocenters. The minimum absolute atomic E-state index is 0.183. The van der Waals surface area contributed by atoms with Crippen LogP contribution in [0.2, 0.25) is 5.02 Å². The van der Waals surface area contributed by atoms with E-state index in [9.17, 15) is 9.59 Å². The third-order valence-corrected chi connectivity index (χ3v) is 5.23. The highest BCUT2D eigenvalue weighted by molar-refractivity contribution is 6.30. The molecule has 0 aliphatic heterocycles. The predicted octanol–water partition coefficient (Wildman–Crippen LogP) is 4.00. The van der Waals surface area contributed by atoms with Gasteiger partial charge in [-0.2, -0.15) is 0 Å². The number of rotatable bonds is 3.